The van der Waals surface area contributed by atoms with Crippen LogP contribution in [0, 0.1) is 6.92 Å². The van der Waals surface area contributed by atoms with Gasteiger partial charge in [0.1, 0.15) is 0 Å². The van der Waals surface area contributed by atoms with Gasteiger partial charge in [-0.15, -0.1) is 0 Å². The molecule has 1 N–H and O–H groups in total. The van der Waals surface area contributed by atoms with E-state index in [2.05, 4.69) is 31.5 Å². The molecule has 1 aliphatic heterocycles. The van der Waals surface area contributed by atoms with Crippen molar-refractivity contribution in [2.45, 2.75) is 19.8 Å². The predicted octanol–water partition coefficient (Wildman–Crippen LogP) is 3.78. The summed E-state index contributed by atoms with van der Waals surface area (Å²) in [5, 5.41) is 11.9. The van der Waals surface area contributed by atoms with Gasteiger partial charge in [-0.25, -0.2) is 4.98 Å². The van der Waals surface area contributed by atoms with Crippen LogP contribution in [0.3, 0.4) is 0 Å². The standard InChI is InChI=1S/C22H22N6O2/c1-14-20-16(11-18(25-22(20)30-26-14)15-12-23-27(2)13-15)21(29)24-17-7-3-4-8-19(17)28-9-5-6-10-28/h3-4,7-8,11-13H,5-6,9-10H2,1-2H3,(H,24,29). The van der Waals surface area contributed by atoms with Crippen LogP contribution in [-0.4, -0.2) is 38.9 Å². The Balaban J connectivity index is 1.56. The average Bonchev–Trinajstić information content (AvgIpc) is 3.50. The molecule has 30 heavy (non-hydrogen) atoms. The molecule has 1 saturated heterocycles. The normalized spacial score (nSPS) is 13.9. The number of rotatable bonds is 4. The molecule has 4 aromatic rings. The van der Waals surface area contributed by atoms with E-state index in [-0.39, 0.29) is 5.91 Å². The minimum atomic E-state index is -0.217. The van der Waals surface area contributed by atoms with Crippen molar-refractivity contribution in [1.82, 2.24) is 19.9 Å². The van der Waals surface area contributed by atoms with E-state index >= 15 is 0 Å². The van der Waals surface area contributed by atoms with E-state index in [1.54, 1.807) is 16.9 Å². The summed E-state index contributed by atoms with van der Waals surface area (Å²) in [6.45, 7) is 3.82. The second-order valence-electron chi connectivity index (χ2n) is 7.57. The molecule has 152 valence electrons. The van der Waals surface area contributed by atoms with Crippen molar-refractivity contribution in [3.63, 3.8) is 0 Å². The Morgan fingerprint density at radius 1 is 1.20 bits per heavy atom. The van der Waals surface area contributed by atoms with Gasteiger partial charge in [0.25, 0.3) is 11.6 Å². The third-order valence-electron chi connectivity index (χ3n) is 5.46. The third-order valence-corrected chi connectivity index (χ3v) is 5.46. The van der Waals surface area contributed by atoms with Gasteiger partial charge in [0.2, 0.25) is 0 Å². The highest BCUT2D eigenvalue weighted by atomic mass is 16.5. The van der Waals surface area contributed by atoms with E-state index in [9.17, 15) is 4.79 Å². The number of amides is 1. The van der Waals surface area contributed by atoms with Crippen LogP contribution in [0.1, 0.15) is 28.9 Å². The number of hydrogen-bond acceptors (Lipinski definition) is 6. The minimum Gasteiger partial charge on any atom is -0.370 e. The van der Waals surface area contributed by atoms with Crippen molar-refractivity contribution in [3.05, 3.63) is 54.0 Å². The lowest BCUT2D eigenvalue weighted by Gasteiger charge is -2.21. The Hall–Kier alpha value is -3.68. The van der Waals surface area contributed by atoms with Crippen molar-refractivity contribution >= 4 is 28.4 Å². The molecular formula is C22H22N6O2. The van der Waals surface area contributed by atoms with Crippen molar-refractivity contribution in [3.8, 4) is 11.3 Å². The molecule has 0 unspecified atom stereocenters. The highest BCUT2D eigenvalue weighted by Crippen LogP contribution is 2.31. The monoisotopic (exact) mass is 402 g/mol. The third kappa shape index (κ3) is 3.20. The summed E-state index contributed by atoms with van der Waals surface area (Å²) in [6, 6.07) is 9.69. The lowest BCUT2D eigenvalue weighted by molar-refractivity contribution is 0.102. The van der Waals surface area contributed by atoms with Gasteiger partial charge in [0.05, 0.1) is 39.9 Å². The van der Waals surface area contributed by atoms with Crippen LogP contribution in [0.4, 0.5) is 11.4 Å². The molecule has 0 atom stereocenters. The second kappa shape index (κ2) is 7.29. The van der Waals surface area contributed by atoms with E-state index in [1.165, 1.54) is 12.8 Å². The smallest absolute Gasteiger partial charge is 0.259 e. The maximum atomic E-state index is 13.4. The van der Waals surface area contributed by atoms with Gasteiger partial charge < -0.3 is 14.7 Å². The summed E-state index contributed by atoms with van der Waals surface area (Å²) >= 11 is 0. The predicted molar refractivity (Wildman–Crippen MR) is 115 cm³/mol. The molecule has 5 rings (SSSR count). The summed E-state index contributed by atoms with van der Waals surface area (Å²) in [5.41, 5.74) is 4.72. The fraction of sp³-hybridized carbons (Fsp3) is 0.273. The summed E-state index contributed by atoms with van der Waals surface area (Å²) in [4.78, 5) is 20.2. The number of nitrogens with one attached hydrogen (secondary N) is 1. The molecule has 1 amide bonds. The fourth-order valence-corrected chi connectivity index (χ4v) is 3.98. The van der Waals surface area contributed by atoms with Crippen LogP contribution >= 0.6 is 0 Å². The Morgan fingerprint density at radius 3 is 2.77 bits per heavy atom. The number of hydrogen-bond donors (Lipinski definition) is 1. The van der Waals surface area contributed by atoms with Crippen LogP contribution in [-0.2, 0) is 7.05 Å². The highest BCUT2D eigenvalue weighted by molar-refractivity contribution is 6.13. The van der Waals surface area contributed by atoms with Gasteiger partial charge in [-0.1, -0.05) is 17.3 Å². The minimum absolute atomic E-state index is 0.217. The van der Waals surface area contributed by atoms with Gasteiger partial charge in [-0.05, 0) is 38.0 Å². The highest BCUT2D eigenvalue weighted by Gasteiger charge is 2.22. The summed E-state index contributed by atoms with van der Waals surface area (Å²) < 4.78 is 7.08. The molecular weight excluding hydrogens is 380 g/mol. The number of carbonyl (C=O) groups excluding carboxylic acids is 1. The number of anilines is 2. The van der Waals surface area contributed by atoms with E-state index in [1.807, 2.05) is 38.4 Å². The molecule has 8 heteroatoms. The maximum Gasteiger partial charge on any atom is 0.259 e. The second-order valence-corrected chi connectivity index (χ2v) is 7.57. The van der Waals surface area contributed by atoms with Crippen LogP contribution in [0.25, 0.3) is 22.4 Å². The van der Waals surface area contributed by atoms with Crippen LogP contribution in [0.2, 0.25) is 0 Å². The Bertz CT molecular complexity index is 1240. The van der Waals surface area contributed by atoms with E-state index in [0.29, 0.717) is 28.1 Å². The first kappa shape index (κ1) is 18.4. The number of nitrogens with zero attached hydrogens (tertiary/aromatic N) is 5. The SMILES string of the molecule is Cc1noc2nc(-c3cnn(C)c3)cc(C(=O)Nc3ccccc3N3CCCC3)c12. The average molecular weight is 402 g/mol. The fourth-order valence-electron chi connectivity index (χ4n) is 3.98. The first-order valence-corrected chi connectivity index (χ1v) is 10.0. The zero-order valence-corrected chi connectivity index (χ0v) is 16.9. The molecule has 8 nitrogen and oxygen atoms in total. The number of fused-ring (bicyclic) bond motifs is 1. The van der Waals surface area contributed by atoms with Gasteiger partial charge in [0.15, 0.2) is 0 Å². The summed E-state index contributed by atoms with van der Waals surface area (Å²) in [6.07, 6.45) is 5.90. The molecule has 1 fully saturated rings. The summed E-state index contributed by atoms with van der Waals surface area (Å²) in [5.74, 6) is -0.217. The molecule has 3 aromatic heterocycles. The molecule has 0 saturated carbocycles. The first-order chi connectivity index (χ1) is 14.6. The van der Waals surface area contributed by atoms with Crippen LogP contribution < -0.4 is 10.2 Å². The number of aryl methyl sites for hydroxylation is 2. The van der Waals surface area contributed by atoms with Crippen LogP contribution in [0.15, 0.2) is 47.2 Å². The number of aromatic nitrogens is 4. The molecule has 0 bridgehead atoms. The molecule has 0 spiro atoms. The Labute approximate surface area is 173 Å². The number of pyridine rings is 1. The van der Waals surface area contributed by atoms with Gasteiger partial charge in [-0.3, -0.25) is 9.48 Å². The number of benzene rings is 1. The Morgan fingerprint density at radius 2 is 2.00 bits per heavy atom. The Kier molecular flexibility index (Phi) is 4.46. The van der Waals surface area contributed by atoms with E-state index in [4.69, 9.17) is 4.52 Å². The molecule has 0 radical (unpaired) electrons. The van der Waals surface area contributed by atoms with Gasteiger partial charge >= 0.3 is 0 Å². The molecule has 0 aliphatic carbocycles. The molecule has 1 aliphatic rings. The lowest BCUT2D eigenvalue weighted by Crippen LogP contribution is -2.21. The topological polar surface area (TPSA) is 89.1 Å². The number of carbonyl (C=O) groups is 1. The quantitative estimate of drug-likeness (QED) is 0.559. The van der Waals surface area contributed by atoms with Gasteiger partial charge in [0, 0.05) is 31.9 Å². The van der Waals surface area contributed by atoms with E-state index in [0.717, 1.165) is 30.0 Å². The van der Waals surface area contributed by atoms with Crippen molar-refractivity contribution in [1.29, 1.82) is 0 Å². The number of para-hydroxylation sites is 2. The van der Waals surface area contributed by atoms with E-state index < -0.39 is 0 Å². The van der Waals surface area contributed by atoms with Crippen LogP contribution in [0.5, 0.6) is 0 Å². The lowest BCUT2D eigenvalue weighted by atomic mass is 10.1. The van der Waals surface area contributed by atoms with Crippen molar-refractivity contribution in [2.24, 2.45) is 7.05 Å². The van der Waals surface area contributed by atoms with Gasteiger partial charge in [-0.2, -0.15) is 5.10 Å². The zero-order chi connectivity index (χ0) is 20.7. The maximum absolute atomic E-state index is 13.4. The summed E-state index contributed by atoms with van der Waals surface area (Å²) in [7, 11) is 1.84. The first-order valence-electron chi connectivity index (χ1n) is 10.0. The molecule has 1 aromatic carbocycles. The zero-order valence-electron chi connectivity index (χ0n) is 16.9. The molecule has 4 heterocycles. The van der Waals surface area contributed by atoms with Crippen molar-refractivity contribution in [2.75, 3.05) is 23.3 Å². The van der Waals surface area contributed by atoms with Crippen molar-refractivity contribution < 1.29 is 9.32 Å². The largest absolute Gasteiger partial charge is 0.370 e.